The number of halogens is 1. The fourth-order valence-electron chi connectivity index (χ4n) is 2.66. The van der Waals surface area contributed by atoms with E-state index in [9.17, 15) is 22.4 Å². The highest BCUT2D eigenvalue weighted by atomic mass is 32.2. The Morgan fingerprint density at radius 2 is 1.74 bits per heavy atom. The third-order valence-corrected chi connectivity index (χ3v) is 5.98. The number of aromatic nitrogens is 1. The minimum Gasteiger partial charge on any atom is -0.267 e. The number of nitrogens with zero attached hydrogens (tertiary/aromatic N) is 2. The number of hydrogen-bond donors (Lipinski definition) is 2. The monoisotopic (exact) mass is 392 g/mol. The Morgan fingerprint density at radius 3 is 2.41 bits per heavy atom. The lowest BCUT2D eigenvalue weighted by molar-refractivity contribution is 0.0843. The number of rotatable bonds is 4. The summed E-state index contributed by atoms with van der Waals surface area (Å²) in [6.07, 6.45) is 2.84. The van der Waals surface area contributed by atoms with Crippen LogP contribution < -0.4 is 10.9 Å². The molecule has 2 amide bonds. The topological polar surface area (TPSA) is 108 Å². The van der Waals surface area contributed by atoms with Gasteiger partial charge in [-0.3, -0.25) is 25.4 Å². The second kappa shape index (κ2) is 7.80. The lowest BCUT2D eigenvalue weighted by Crippen LogP contribution is -2.42. The quantitative estimate of drug-likeness (QED) is 0.757. The zero-order valence-corrected chi connectivity index (χ0v) is 15.0. The van der Waals surface area contributed by atoms with Crippen molar-refractivity contribution >= 4 is 21.8 Å². The highest BCUT2D eigenvalue weighted by molar-refractivity contribution is 7.89. The second-order valence-electron chi connectivity index (χ2n) is 5.88. The van der Waals surface area contributed by atoms with Crippen LogP contribution in [-0.2, 0) is 10.0 Å². The van der Waals surface area contributed by atoms with Crippen LogP contribution in [-0.4, -0.2) is 42.6 Å². The molecule has 1 aliphatic heterocycles. The van der Waals surface area contributed by atoms with Crippen LogP contribution in [0, 0.1) is 5.82 Å². The molecule has 2 N–H and O–H groups in total. The largest absolute Gasteiger partial charge is 0.288 e. The lowest BCUT2D eigenvalue weighted by atomic mass is 10.2. The summed E-state index contributed by atoms with van der Waals surface area (Å²) in [6, 6.07) is 7.72. The highest BCUT2D eigenvalue weighted by Crippen LogP contribution is 2.24. The van der Waals surface area contributed by atoms with E-state index in [4.69, 9.17) is 0 Å². The number of hydrazine groups is 1. The summed E-state index contributed by atoms with van der Waals surface area (Å²) in [5, 5.41) is 0. The third kappa shape index (κ3) is 4.12. The zero-order chi connectivity index (χ0) is 19.4. The Labute approximate surface area is 155 Å². The van der Waals surface area contributed by atoms with Gasteiger partial charge in [0.2, 0.25) is 10.0 Å². The van der Waals surface area contributed by atoms with E-state index < -0.39 is 32.6 Å². The van der Waals surface area contributed by atoms with Crippen molar-refractivity contribution in [2.24, 2.45) is 0 Å². The van der Waals surface area contributed by atoms with Crippen LogP contribution in [0.1, 0.15) is 33.7 Å². The van der Waals surface area contributed by atoms with Crippen LogP contribution in [0.25, 0.3) is 0 Å². The first-order valence-electron chi connectivity index (χ1n) is 8.21. The van der Waals surface area contributed by atoms with Gasteiger partial charge in [-0.15, -0.1) is 0 Å². The molecule has 0 radical (unpaired) electrons. The summed E-state index contributed by atoms with van der Waals surface area (Å²) >= 11 is 0. The smallest absolute Gasteiger partial charge is 0.267 e. The number of amides is 2. The van der Waals surface area contributed by atoms with Gasteiger partial charge >= 0.3 is 0 Å². The first-order chi connectivity index (χ1) is 12.9. The van der Waals surface area contributed by atoms with Crippen LogP contribution in [0.5, 0.6) is 0 Å². The zero-order valence-electron chi connectivity index (χ0n) is 14.2. The predicted molar refractivity (Wildman–Crippen MR) is 93.6 cm³/mol. The molecule has 10 heteroatoms. The Bertz CT molecular complexity index is 960. The first kappa shape index (κ1) is 18.9. The predicted octanol–water partition coefficient (Wildman–Crippen LogP) is 1.08. The van der Waals surface area contributed by atoms with Crippen LogP contribution in [0.15, 0.2) is 47.5 Å². The molecule has 1 aromatic heterocycles. The first-order valence-corrected chi connectivity index (χ1v) is 9.65. The summed E-state index contributed by atoms with van der Waals surface area (Å²) in [5.74, 6) is -2.36. The van der Waals surface area contributed by atoms with Gasteiger partial charge in [0.25, 0.3) is 11.8 Å². The molecule has 2 heterocycles. The van der Waals surface area contributed by atoms with E-state index in [1.807, 2.05) is 0 Å². The van der Waals surface area contributed by atoms with Gasteiger partial charge in [0.15, 0.2) is 0 Å². The molecule has 0 saturated carbocycles. The van der Waals surface area contributed by atoms with Crippen molar-refractivity contribution in [1.29, 1.82) is 0 Å². The van der Waals surface area contributed by atoms with Crippen LogP contribution >= 0.6 is 0 Å². The Kier molecular flexibility index (Phi) is 5.47. The lowest BCUT2D eigenvalue weighted by Gasteiger charge is -2.16. The molecule has 3 rings (SSSR count). The highest BCUT2D eigenvalue weighted by Gasteiger charge is 2.30. The SMILES string of the molecule is O=C(NNC(=O)c1ccccn1)c1ccc(F)c(S(=O)(=O)N2CCCC2)c1. The molecule has 0 spiro atoms. The maximum absolute atomic E-state index is 14.1. The summed E-state index contributed by atoms with van der Waals surface area (Å²) in [7, 11) is -4.02. The van der Waals surface area contributed by atoms with Gasteiger partial charge in [0, 0.05) is 24.8 Å². The number of sulfonamides is 1. The van der Waals surface area contributed by atoms with Gasteiger partial charge < -0.3 is 0 Å². The molecule has 0 unspecified atom stereocenters. The van der Waals surface area contributed by atoms with Crippen molar-refractivity contribution in [2.45, 2.75) is 17.7 Å². The molecule has 27 heavy (non-hydrogen) atoms. The average molecular weight is 392 g/mol. The van der Waals surface area contributed by atoms with E-state index in [0.29, 0.717) is 25.9 Å². The van der Waals surface area contributed by atoms with E-state index in [1.165, 1.54) is 16.6 Å². The molecule has 0 bridgehead atoms. The van der Waals surface area contributed by atoms with Gasteiger partial charge in [-0.2, -0.15) is 4.31 Å². The summed E-state index contributed by atoms with van der Waals surface area (Å²) in [6.45, 7) is 0.636. The number of carbonyl (C=O) groups is 2. The number of benzene rings is 1. The Morgan fingerprint density at radius 1 is 1.04 bits per heavy atom. The van der Waals surface area contributed by atoms with Crippen molar-refractivity contribution in [3.63, 3.8) is 0 Å². The summed E-state index contributed by atoms with van der Waals surface area (Å²) < 4.78 is 40.4. The van der Waals surface area contributed by atoms with E-state index in [1.54, 1.807) is 12.1 Å². The van der Waals surface area contributed by atoms with E-state index in [-0.39, 0.29) is 11.3 Å². The van der Waals surface area contributed by atoms with Crippen molar-refractivity contribution in [1.82, 2.24) is 20.1 Å². The normalized spacial score (nSPS) is 14.7. The number of pyridine rings is 1. The summed E-state index contributed by atoms with van der Waals surface area (Å²) in [4.78, 5) is 27.4. The molecule has 2 aromatic rings. The van der Waals surface area contributed by atoms with Crippen molar-refractivity contribution in [3.8, 4) is 0 Å². The molecular formula is C17H17FN4O4S. The summed E-state index contributed by atoms with van der Waals surface area (Å²) in [5.41, 5.74) is 4.32. The van der Waals surface area contributed by atoms with Gasteiger partial charge in [-0.25, -0.2) is 12.8 Å². The standard InChI is InChI=1S/C17H17FN4O4S/c18-13-7-6-12(11-15(13)27(25,26)22-9-3-4-10-22)16(23)20-21-17(24)14-5-1-2-8-19-14/h1-2,5-8,11H,3-4,9-10H2,(H,20,23)(H,21,24). The molecule has 1 aromatic carbocycles. The average Bonchev–Trinajstić information content (AvgIpc) is 3.22. The number of nitrogens with one attached hydrogen (secondary N) is 2. The Hall–Kier alpha value is -2.85. The fourth-order valence-corrected chi connectivity index (χ4v) is 4.26. The van der Waals surface area contributed by atoms with Crippen LogP contribution in [0.4, 0.5) is 4.39 Å². The second-order valence-corrected chi connectivity index (χ2v) is 7.79. The molecular weight excluding hydrogens is 375 g/mol. The molecule has 8 nitrogen and oxygen atoms in total. The van der Waals surface area contributed by atoms with Crippen LogP contribution in [0.2, 0.25) is 0 Å². The maximum atomic E-state index is 14.1. The van der Waals surface area contributed by atoms with Gasteiger partial charge in [0.1, 0.15) is 16.4 Å². The molecule has 0 aliphatic carbocycles. The van der Waals surface area contributed by atoms with Gasteiger partial charge in [-0.1, -0.05) is 6.07 Å². The molecule has 1 aliphatic rings. The number of hydrogen-bond acceptors (Lipinski definition) is 5. The van der Waals surface area contributed by atoms with Crippen molar-refractivity contribution in [3.05, 3.63) is 59.7 Å². The van der Waals surface area contributed by atoms with Gasteiger partial charge in [0.05, 0.1) is 0 Å². The van der Waals surface area contributed by atoms with Crippen molar-refractivity contribution in [2.75, 3.05) is 13.1 Å². The minimum absolute atomic E-state index is 0.0919. The third-order valence-electron chi connectivity index (χ3n) is 4.06. The minimum atomic E-state index is -4.02. The molecule has 0 atom stereocenters. The van der Waals surface area contributed by atoms with Crippen molar-refractivity contribution < 1.29 is 22.4 Å². The van der Waals surface area contributed by atoms with Gasteiger partial charge in [-0.05, 0) is 43.2 Å². The van der Waals surface area contributed by atoms with Crippen LogP contribution in [0.3, 0.4) is 0 Å². The van der Waals surface area contributed by atoms with E-state index >= 15 is 0 Å². The number of carbonyl (C=O) groups excluding carboxylic acids is 2. The molecule has 142 valence electrons. The Balaban J connectivity index is 1.75. The maximum Gasteiger partial charge on any atom is 0.288 e. The van der Waals surface area contributed by atoms with E-state index in [2.05, 4.69) is 15.8 Å². The molecule has 1 fully saturated rings. The molecule has 1 saturated heterocycles. The fraction of sp³-hybridized carbons (Fsp3) is 0.235. The van der Waals surface area contributed by atoms with E-state index in [0.717, 1.165) is 18.2 Å².